The molecule has 0 aromatic carbocycles. The lowest BCUT2D eigenvalue weighted by atomic mass is 9.86. The summed E-state index contributed by atoms with van der Waals surface area (Å²) in [4.78, 5) is 23.5. The summed E-state index contributed by atoms with van der Waals surface area (Å²) in [7, 11) is 1.44. The molecule has 0 radical (unpaired) electrons. The molecule has 1 atom stereocenters. The largest absolute Gasteiger partial charge is 0.469 e. The fourth-order valence-electron chi connectivity index (χ4n) is 2.88. The van der Waals surface area contributed by atoms with Crippen molar-refractivity contribution < 1.29 is 14.3 Å². The van der Waals surface area contributed by atoms with Gasteiger partial charge in [-0.1, -0.05) is 6.42 Å². The van der Waals surface area contributed by atoms with E-state index in [2.05, 4.69) is 5.32 Å². The molecule has 5 heteroatoms. The van der Waals surface area contributed by atoms with Crippen LogP contribution in [0.25, 0.3) is 0 Å². The van der Waals surface area contributed by atoms with Gasteiger partial charge in [0.15, 0.2) is 0 Å². The minimum absolute atomic E-state index is 0.0298. The molecule has 108 valence electrons. The molecular formula is C14H23NO3S. The Kier molecular flexibility index (Phi) is 5.55. The van der Waals surface area contributed by atoms with Gasteiger partial charge in [0.25, 0.3) is 0 Å². The summed E-state index contributed by atoms with van der Waals surface area (Å²) in [6, 6.07) is 0.246. The number of hydrogen-bond acceptors (Lipinski definition) is 4. The Labute approximate surface area is 119 Å². The number of ether oxygens (including phenoxy) is 1. The number of carbonyl (C=O) groups excluding carboxylic acids is 2. The van der Waals surface area contributed by atoms with Crippen molar-refractivity contribution in [2.45, 2.75) is 56.2 Å². The molecule has 4 nitrogen and oxygen atoms in total. The summed E-state index contributed by atoms with van der Waals surface area (Å²) < 4.78 is 4.77. The molecule has 0 spiro atoms. The van der Waals surface area contributed by atoms with E-state index in [0.717, 1.165) is 37.9 Å². The molecular weight excluding hydrogens is 262 g/mol. The van der Waals surface area contributed by atoms with E-state index in [9.17, 15) is 9.59 Å². The molecule has 1 saturated carbocycles. The second kappa shape index (κ2) is 7.17. The zero-order valence-electron chi connectivity index (χ0n) is 11.5. The fraction of sp³-hybridized carbons (Fsp3) is 0.857. The van der Waals surface area contributed by atoms with Crippen LogP contribution in [0, 0.1) is 5.92 Å². The van der Waals surface area contributed by atoms with Crippen molar-refractivity contribution in [1.82, 2.24) is 5.32 Å². The lowest BCUT2D eigenvalue weighted by Gasteiger charge is -2.29. The summed E-state index contributed by atoms with van der Waals surface area (Å²) in [5.74, 6) is 1.23. The van der Waals surface area contributed by atoms with Gasteiger partial charge >= 0.3 is 5.97 Å². The second-order valence-corrected chi connectivity index (χ2v) is 6.75. The molecule has 1 aliphatic heterocycles. The first kappa shape index (κ1) is 14.7. The first-order chi connectivity index (χ1) is 9.20. The van der Waals surface area contributed by atoms with E-state index in [1.54, 1.807) is 11.8 Å². The van der Waals surface area contributed by atoms with E-state index < -0.39 is 0 Å². The van der Waals surface area contributed by atoms with Crippen molar-refractivity contribution in [3.8, 4) is 0 Å². The smallest absolute Gasteiger partial charge is 0.308 e. The zero-order chi connectivity index (χ0) is 13.7. The van der Waals surface area contributed by atoms with Crippen molar-refractivity contribution >= 4 is 23.6 Å². The summed E-state index contributed by atoms with van der Waals surface area (Å²) in [6.45, 7) is 0. The highest BCUT2D eigenvalue weighted by atomic mass is 32.2. The number of carbonyl (C=O) groups is 2. The maximum atomic E-state index is 12.1. The highest BCUT2D eigenvalue weighted by molar-refractivity contribution is 8.00. The van der Waals surface area contributed by atoms with Crippen LogP contribution in [0.2, 0.25) is 0 Å². The van der Waals surface area contributed by atoms with Crippen LogP contribution in [0.1, 0.15) is 44.9 Å². The van der Waals surface area contributed by atoms with Crippen LogP contribution < -0.4 is 5.32 Å². The predicted molar refractivity (Wildman–Crippen MR) is 76.0 cm³/mol. The molecule has 2 aliphatic rings. The topological polar surface area (TPSA) is 55.4 Å². The minimum atomic E-state index is -0.104. The molecule has 1 unspecified atom stereocenters. The van der Waals surface area contributed by atoms with Gasteiger partial charge in [0, 0.05) is 6.04 Å². The maximum Gasteiger partial charge on any atom is 0.308 e. The van der Waals surface area contributed by atoms with Gasteiger partial charge in [-0.05, 0) is 44.3 Å². The number of nitrogens with one attached hydrogen (secondary N) is 1. The van der Waals surface area contributed by atoms with Crippen molar-refractivity contribution in [2.24, 2.45) is 5.92 Å². The van der Waals surface area contributed by atoms with Crippen LogP contribution in [0.15, 0.2) is 0 Å². The third-order valence-electron chi connectivity index (χ3n) is 4.08. The maximum absolute atomic E-state index is 12.1. The number of rotatable bonds is 3. The van der Waals surface area contributed by atoms with Crippen LogP contribution in [-0.4, -0.2) is 36.0 Å². The molecule has 2 rings (SSSR count). The molecule has 19 heavy (non-hydrogen) atoms. The predicted octanol–water partition coefficient (Wildman–Crippen LogP) is 2.12. The Morgan fingerprint density at radius 2 is 1.84 bits per heavy atom. The van der Waals surface area contributed by atoms with Crippen molar-refractivity contribution in [3.05, 3.63) is 0 Å². The highest BCUT2D eigenvalue weighted by Crippen LogP contribution is 2.28. The molecule has 1 amide bonds. The fourth-order valence-corrected chi connectivity index (χ4v) is 4.09. The van der Waals surface area contributed by atoms with Crippen molar-refractivity contribution in [1.29, 1.82) is 0 Å². The third-order valence-corrected chi connectivity index (χ3v) is 5.46. The molecule has 1 aliphatic carbocycles. The lowest BCUT2D eigenvalue weighted by Crippen LogP contribution is -2.43. The standard InChI is InChI=1S/C14H23NO3S/c1-18-14(17)10-5-7-11(8-6-10)15-13(16)12-4-2-3-9-19-12/h10-12H,2-9H2,1H3,(H,15,16). The quantitative estimate of drug-likeness (QED) is 0.807. The van der Waals surface area contributed by atoms with E-state index in [1.165, 1.54) is 20.0 Å². The Morgan fingerprint density at radius 1 is 1.11 bits per heavy atom. The normalized spacial score (nSPS) is 31.5. The summed E-state index contributed by atoms with van der Waals surface area (Å²) >= 11 is 1.78. The van der Waals surface area contributed by atoms with E-state index in [-0.39, 0.29) is 29.1 Å². The first-order valence-corrected chi connectivity index (χ1v) is 8.25. The molecule has 1 saturated heterocycles. The summed E-state index contributed by atoms with van der Waals surface area (Å²) in [5, 5.41) is 3.30. The van der Waals surface area contributed by atoms with E-state index in [0.29, 0.717) is 0 Å². The Hall–Kier alpha value is -0.710. The molecule has 0 bridgehead atoms. The lowest BCUT2D eigenvalue weighted by molar-refractivity contribution is -0.146. The Balaban J connectivity index is 1.72. The zero-order valence-corrected chi connectivity index (χ0v) is 12.3. The van der Waals surface area contributed by atoms with Crippen molar-refractivity contribution in [3.63, 3.8) is 0 Å². The Morgan fingerprint density at radius 3 is 2.42 bits per heavy atom. The third kappa shape index (κ3) is 4.13. The SMILES string of the molecule is COC(=O)C1CCC(NC(=O)C2CCCCS2)CC1. The monoisotopic (exact) mass is 285 g/mol. The average molecular weight is 285 g/mol. The molecule has 1 heterocycles. The molecule has 0 aromatic heterocycles. The Bertz CT molecular complexity index is 321. The minimum Gasteiger partial charge on any atom is -0.469 e. The van der Waals surface area contributed by atoms with E-state index in [1.807, 2.05) is 0 Å². The van der Waals surface area contributed by atoms with E-state index >= 15 is 0 Å². The van der Waals surface area contributed by atoms with Gasteiger partial charge in [-0.2, -0.15) is 0 Å². The number of hydrogen-bond donors (Lipinski definition) is 1. The number of methoxy groups -OCH3 is 1. The number of amides is 1. The van der Waals surface area contributed by atoms with Crippen LogP contribution in [-0.2, 0) is 14.3 Å². The van der Waals surface area contributed by atoms with E-state index in [4.69, 9.17) is 4.74 Å². The van der Waals surface area contributed by atoms with Gasteiger partial charge in [-0.25, -0.2) is 0 Å². The molecule has 1 N–H and O–H groups in total. The van der Waals surface area contributed by atoms with Crippen LogP contribution in [0.4, 0.5) is 0 Å². The van der Waals surface area contributed by atoms with Crippen molar-refractivity contribution in [2.75, 3.05) is 12.9 Å². The number of esters is 1. The first-order valence-electron chi connectivity index (χ1n) is 7.20. The number of thioether (sulfide) groups is 1. The van der Waals surface area contributed by atoms with Crippen LogP contribution in [0.5, 0.6) is 0 Å². The van der Waals surface area contributed by atoms with Crippen LogP contribution >= 0.6 is 11.8 Å². The van der Waals surface area contributed by atoms with Gasteiger partial charge in [0.05, 0.1) is 18.3 Å². The van der Waals surface area contributed by atoms with Gasteiger partial charge in [-0.15, -0.1) is 11.8 Å². The molecule has 2 fully saturated rings. The summed E-state index contributed by atoms with van der Waals surface area (Å²) in [6.07, 6.45) is 6.85. The van der Waals surface area contributed by atoms with Gasteiger partial charge in [0.2, 0.25) is 5.91 Å². The van der Waals surface area contributed by atoms with Gasteiger partial charge < -0.3 is 10.1 Å². The van der Waals surface area contributed by atoms with Gasteiger partial charge in [0.1, 0.15) is 0 Å². The average Bonchev–Trinajstić information content (AvgIpc) is 2.48. The van der Waals surface area contributed by atoms with Gasteiger partial charge in [-0.3, -0.25) is 9.59 Å². The molecule has 0 aromatic rings. The highest BCUT2D eigenvalue weighted by Gasteiger charge is 2.29. The second-order valence-electron chi connectivity index (χ2n) is 5.44. The van der Waals surface area contributed by atoms with Crippen LogP contribution in [0.3, 0.4) is 0 Å². The summed E-state index contributed by atoms with van der Waals surface area (Å²) in [5.41, 5.74) is 0.